The van der Waals surface area contributed by atoms with Gasteiger partial charge in [0.05, 0.1) is 0 Å². The average Bonchev–Trinajstić information content (AvgIpc) is 2.37. The van der Waals surface area contributed by atoms with Crippen LogP contribution in [0.1, 0.15) is 5.56 Å². The lowest BCUT2D eigenvalue weighted by molar-refractivity contribution is 1.12. The van der Waals surface area contributed by atoms with Gasteiger partial charge in [0, 0.05) is 36.5 Å². The fourth-order valence-corrected chi connectivity index (χ4v) is 2.18. The van der Waals surface area contributed by atoms with Crippen LogP contribution in [0.4, 0.5) is 11.4 Å². The summed E-state index contributed by atoms with van der Waals surface area (Å²) in [5.41, 5.74) is 3.62. The highest BCUT2D eigenvalue weighted by Crippen LogP contribution is 2.17. The summed E-state index contributed by atoms with van der Waals surface area (Å²) in [7, 11) is 4.09. The van der Waals surface area contributed by atoms with E-state index in [-0.39, 0.29) is 0 Å². The largest absolute Gasteiger partial charge is 0.381 e. The predicted octanol–water partition coefficient (Wildman–Crippen LogP) is 4.13. The highest BCUT2D eigenvalue weighted by Gasteiger charge is 1.97. The van der Waals surface area contributed by atoms with Gasteiger partial charge in [0.15, 0.2) is 0 Å². The zero-order valence-electron chi connectivity index (χ0n) is 10.7. The topological polar surface area (TPSA) is 15.3 Å². The molecule has 2 aromatic carbocycles. The van der Waals surface area contributed by atoms with Crippen molar-refractivity contribution in [1.29, 1.82) is 0 Å². The second-order valence-electron chi connectivity index (χ2n) is 4.42. The maximum atomic E-state index is 3.48. The lowest BCUT2D eigenvalue weighted by Gasteiger charge is -2.13. The minimum Gasteiger partial charge on any atom is -0.381 e. The van der Waals surface area contributed by atoms with E-state index < -0.39 is 0 Å². The molecule has 18 heavy (non-hydrogen) atoms. The standard InChI is InChI=1S/C15H17BrN2/c1-18(2)15-8-6-14(7-9-15)17-11-12-4-3-5-13(16)10-12/h3-10,17H,11H2,1-2H3. The monoisotopic (exact) mass is 304 g/mol. The van der Waals surface area contributed by atoms with Crippen LogP contribution in [0.15, 0.2) is 53.0 Å². The molecule has 2 nitrogen and oxygen atoms in total. The summed E-state index contributed by atoms with van der Waals surface area (Å²) in [5, 5.41) is 3.41. The summed E-state index contributed by atoms with van der Waals surface area (Å²) in [4.78, 5) is 2.10. The quantitative estimate of drug-likeness (QED) is 0.914. The molecule has 0 aliphatic heterocycles. The molecule has 0 aliphatic carbocycles. The molecule has 0 fully saturated rings. The van der Waals surface area contributed by atoms with E-state index in [9.17, 15) is 0 Å². The molecule has 0 amide bonds. The normalized spacial score (nSPS) is 10.2. The van der Waals surface area contributed by atoms with Crippen LogP contribution in [0.25, 0.3) is 0 Å². The summed E-state index contributed by atoms with van der Waals surface area (Å²) in [6, 6.07) is 16.8. The summed E-state index contributed by atoms with van der Waals surface area (Å²) >= 11 is 3.48. The molecular weight excluding hydrogens is 288 g/mol. The highest BCUT2D eigenvalue weighted by atomic mass is 79.9. The van der Waals surface area contributed by atoms with Gasteiger partial charge in [-0.1, -0.05) is 28.1 Å². The molecule has 0 spiro atoms. The van der Waals surface area contributed by atoms with E-state index in [0.717, 1.165) is 16.7 Å². The Kier molecular flexibility index (Phi) is 4.26. The summed E-state index contributed by atoms with van der Waals surface area (Å²) < 4.78 is 1.12. The van der Waals surface area contributed by atoms with Crippen molar-refractivity contribution in [2.45, 2.75) is 6.54 Å². The molecule has 0 heterocycles. The molecule has 0 unspecified atom stereocenters. The molecule has 1 N–H and O–H groups in total. The number of halogens is 1. The van der Waals surface area contributed by atoms with Crippen molar-refractivity contribution in [3.63, 3.8) is 0 Å². The van der Waals surface area contributed by atoms with Gasteiger partial charge in [-0.05, 0) is 42.0 Å². The third-order valence-electron chi connectivity index (χ3n) is 2.77. The Labute approximate surface area is 117 Å². The van der Waals surface area contributed by atoms with Gasteiger partial charge in [-0.15, -0.1) is 0 Å². The molecule has 2 aromatic rings. The van der Waals surface area contributed by atoms with Gasteiger partial charge in [-0.3, -0.25) is 0 Å². The van der Waals surface area contributed by atoms with Crippen LogP contribution < -0.4 is 10.2 Å². The van der Waals surface area contributed by atoms with Crippen molar-refractivity contribution in [3.05, 3.63) is 58.6 Å². The zero-order chi connectivity index (χ0) is 13.0. The number of benzene rings is 2. The highest BCUT2D eigenvalue weighted by molar-refractivity contribution is 9.10. The molecule has 0 saturated heterocycles. The smallest absolute Gasteiger partial charge is 0.0401 e. The van der Waals surface area contributed by atoms with Gasteiger partial charge < -0.3 is 10.2 Å². The minimum atomic E-state index is 0.834. The van der Waals surface area contributed by atoms with Crippen molar-refractivity contribution >= 4 is 27.3 Å². The van der Waals surface area contributed by atoms with Crippen LogP contribution in [-0.4, -0.2) is 14.1 Å². The molecule has 0 saturated carbocycles. The fraction of sp³-hybridized carbons (Fsp3) is 0.200. The number of rotatable bonds is 4. The molecule has 0 bridgehead atoms. The van der Waals surface area contributed by atoms with Gasteiger partial charge >= 0.3 is 0 Å². The van der Waals surface area contributed by atoms with E-state index in [1.807, 2.05) is 20.2 Å². The third kappa shape index (κ3) is 3.50. The zero-order valence-corrected chi connectivity index (χ0v) is 12.2. The number of nitrogens with one attached hydrogen (secondary N) is 1. The Morgan fingerprint density at radius 3 is 2.39 bits per heavy atom. The Balaban J connectivity index is 1.98. The maximum Gasteiger partial charge on any atom is 0.0401 e. The number of nitrogens with zero attached hydrogens (tertiary/aromatic N) is 1. The molecule has 94 valence electrons. The molecular formula is C15H17BrN2. The van der Waals surface area contributed by atoms with Crippen molar-refractivity contribution in [3.8, 4) is 0 Å². The van der Waals surface area contributed by atoms with Crippen molar-refractivity contribution in [2.24, 2.45) is 0 Å². The Morgan fingerprint density at radius 2 is 1.78 bits per heavy atom. The van der Waals surface area contributed by atoms with Crippen LogP contribution in [0.2, 0.25) is 0 Å². The third-order valence-corrected chi connectivity index (χ3v) is 3.26. The van der Waals surface area contributed by atoms with Crippen LogP contribution in [0, 0.1) is 0 Å². The first kappa shape index (κ1) is 13.0. The maximum absolute atomic E-state index is 3.48. The van der Waals surface area contributed by atoms with E-state index >= 15 is 0 Å². The van der Waals surface area contributed by atoms with Crippen molar-refractivity contribution in [2.75, 3.05) is 24.3 Å². The van der Waals surface area contributed by atoms with Gasteiger partial charge in [0.25, 0.3) is 0 Å². The van der Waals surface area contributed by atoms with Crippen LogP contribution in [0.5, 0.6) is 0 Å². The fourth-order valence-electron chi connectivity index (χ4n) is 1.73. The van der Waals surface area contributed by atoms with E-state index in [1.165, 1.54) is 11.3 Å². The molecule has 0 radical (unpaired) electrons. The van der Waals surface area contributed by atoms with Gasteiger partial charge in [-0.25, -0.2) is 0 Å². The molecule has 3 heteroatoms. The molecule has 0 atom stereocenters. The molecule has 2 rings (SSSR count). The lowest BCUT2D eigenvalue weighted by atomic mass is 10.2. The van der Waals surface area contributed by atoms with Crippen LogP contribution in [0.3, 0.4) is 0 Å². The first-order valence-corrected chi connectivity index (χ1v) is 6.70. The van der Waals surface area contributed by atoms with E-state index in [4.69, 9.17) is 0 Å². The second-order valence-corrected chi connectivity index (χ2v) is 5.34. The first-order chi connectivity index (χ1) is 8.65. The average molecular weight is 305 g/mol. The van der Waals surface area contributed by atoms with Crippen molar-refractivity contribution < 1.29 is 0 Å². The van der Waals surface area contributed by atoms with E-state index in [0.29, 0.717) is 0 Å². The molecule has 0 aromatic heterocycles. The van der Waals surface area contributed by atoms with Crippen LogP contribution in [-0.2, 0) is 6.54 Å². The summed E-state index contributed by atoms with van der Waals surface area (Å²) in [6.07, 6.45) is 0. The SMILES string of the molecule is CN(C)c1ccc(NCc2cccc(Br)c2)cc1. The number of anilines is 2. The van der Waals surface area contributed by atoms with Gasteiger partial charge in [0.1, 0.15) is 0 Å². The van der Waals surface area contributed by atoms with Gasteiger partial charge in [-0.2, -0.15) is 0 Å². The lowest BCUT2D eigenvalue weighted by Crippen LogP contribution is -2.08. The first-order valence-electron chi connectivity index (χ1n) is 5.91. The summed E-state index contributed by atoms with van der Waals surface area (Å²) in [5.74, 6) is 0. The Hall–Kier alpha value is -1.48. The predicted molar refractivity (Wildman–Crippen MR) is 82.2 cm³/mol. The summed E-state index contributed by atoms with van der Waals surface area (Å²) in [6.45, 7) is 0.834. The second kappa shape index (κ2) is 5.91. The van der Waals surface area contributed by atoms with E-state index in [1.54, 1.807) is 0 Å². The number of hydrogen-bond acceptors (Lipinski definition) is 2. The van der Waals surface area contributed by atoms with E-state index in [2.05, 4.69) is 68.6 Å². The Morgan fingerprint density at radius 1 is 1.06 bits per heavy atom. The van der Waals surface area contributed by atoms with Crippen LogP contribution >= 0.6 is 15.9 Å². The Bertz CT molecular complexity index is 506. The van der Waals surface area contributed by atoms with Crippen molar-refractivity contribution in [1.82, 2.24) is 0 Å². The molecule has 0 aliphatic rings. The minimum absolute atomic E-state index is 0.834. The van der Waals surface area contributed by atoms with Gasteiger partial charge in [0.2, 0.25) is 0 Å². The number of hydrogen-bond donors (Lipinski definition) is 1.